The minimum atomic E-state index is -0.608. The summed E-state index contributed by atoms with van der Waals surface area (Å²) >= 11 is 3.91. The van der Waals surface area contributed by atoms with E-state index in [0.29, 0.717) is 12.3 Å². The highest BCUT2D eigenvalue weighted by Gasteiger charge is 2.07. The maximum Gasteiger partial charge on any atom is 0.412 e. The summed E-state index contributed by atoms with van der Waals surface area (Å²) in [5.74, 6) is 0.761. The minimum absolute atomic E-state index is 0.0527. The van der Waals surface area contributed by atoms with Crippen molar-refractivity contribution in [2.45, 2.75) is 0 Å². The number of ether oxygens (including phenoxy) is 1. The second-order valence-corrected chi connectivity index (χ2v) is 3.24. The van der Waals surface area contributed by atoms with E-state index in [1.807, 2.05) is 0 Å². The van der Waals surface area contributed by atoms with Gasteiger partial charge in [-0.2, -0.15) is 12.6 Å². The first-order valence-electron chi connectivity index (χ1n) is 4.44. The number of carbonyl (C=O) groups is 1. The molecule has 0 radical (unpaired) electrons. The Balaban J connectivity index is 2.55. The van der Waals surface area contributed by atoms with Crippen molar-refractivity contribution >= 4 is 24.4 Å². The smallest absolute Gasteiger partial charge is 0.410 e. The van der Waals surface area contributed by atoms with E-state index in [0.717, 1.165) is 0 Å². The summed E-state index contributed by atoms with van der Waals surface area (Å²) in [7, 11) is 0. The molecule has 0 bridgehead atoms. The molecule has 0 fully saturated rings. The summed E-state index contributed by atoms with van der Waals surface area (Å²) in [5.41, 5.74) is -0.0527. The molecule has 0 atom stereocenters. The van der Waals surface area contributed by atoms with Gasteiger partial charge in [-0.15, -0.1) is 0 Å². The summed E-state index contributed by atoms with van der Waals surface area (Å²) in [4.78, 5) is 20.9. The zero-order valence-corrected chi connectivity index (χ0v) is 9.15. The summed E-state index contributed by atoms with van der Waals surface area (Å²) in [6.45, 7) is 0.398. The highest BCUT2D eigenvalue weighted by molar-refractivity contribution is 7.80. The van der Waals surface area contributed by atoms with Crippen LogP contribution in [0, 0.1) is 10.1 Å². The second kappa shape index (κ2) is 5.96. The van der Waals surface area contributed by atoms with Crippen LogP contribution in [0.4, 0.5) is 10.5 Å². The number of non-ortho nitro benzene ring substituents is 1. The molecule has 6 nitrogen and oxygen atoms in total. The number of nitro groups is 1. The Morgan fingerprint density at radius 1 is 1.44 bits per heavy atom. The van der Waals surface area contributed by atoms with Crippen LogP contribution in [-0.4, -0.2) is 23.3 Å². The van der Waals surface area contributed by atoms with Crippen molar-refractivity contribution in [3.8, 4) is 5.75 Å². The molecule has 1 aromatic carbocycles. The van der Waals surface area contributed by atoms with Crippen LogP contribution < -0.4 is 10.1 Å². The Hall–Kier alpha value is -1.76. The number of carbonyl (C=O) groups excluding carboxylic acids is 1. The molecule has 0 aliphatic heterocycles. The van der Waals surface area contributed by atoms with Crippen LogP contribution in [0.25, 0.3) is 0 Å². The van der Waals surface area contributed by atoms with Gasteiger partial charge in [0, 0.05) is 24.4 Å². The van der Waals surface area contributed by atoms with Crippen molar-refractivity contribution in [1.82, 2.24) is 5.32 Å². The van der Waals surface area contributed by atoms with Crippen LogP contribution in [0.1, 0.15) is 0 Å². The quantitative estimate of drug-likeness (QED) is 0.477. The molecule has 1 aromatic rings. The van der Waals surface area contributed by atoms with Gasteiger partial charge in [0.1, 0.15) is 5.75 Å². The number of hydrogen-bond donors (Lipinski definition) is 2. The standard InChI is InChI=1S/C9H10N2O4S/c12-9(10-5-6-16)15-8-3-1-7(2-4-8)11(13)14/h1-4,16H,5-6H2,(H,10,12). The molecule has 7 heteroatoms. The number of benzene rings is 1. The van der Waals surface area contributed by atoms with Crippen molar-refractivity contribution in [2.75, 3.05) is 12.3 Å². The fourth-order valence-electron chi connectivity index (χ4n) is 0.937. The maximum absolute atomic E-state index is 11.1. The van der Waals surface area contributed by atoms with Crippen LogP contribution in [0.3, 0.4) is 0 Å². The van der Waals surface area contributed by atoms with E-state index < -0.39 is 11.0 Å². The van der Waals surface area contributed by atoms with Gasteiger partial charge in [0.25, 0.3) is 5.69 Å². The lowest BCUT2D eigenvalue weighted by molar-refractivity contribution is -0.384. The Kier molecular flexibility index (Phi) is 4.59. The molecule has 0 unspecified atom stereocenters. The third-order valence-electron chi connectivity index (χ3n) is 1.64. The Labute approximate surface area is 97.2 Å². The van der Waals surface area contributed by atoms with E-state index >= 15 is 0 Å². The van der Waals surface area contributed by atoms with Crippen LogP contribution in [0.15, 0.2) is 24.3 Å². The fraction of sp³-hybridized carbons (Fsp3) is 0.222. The number of hydrogen-bond acceptors (Lipinski definition) is 5. The molecule has 86 valence electrons. The van der Waals surface area contributed by atoms with Crippen molar-refractivity contribution in [3.05, 3.63) is 34.4 Å². The van der Waals surface area contributed by atoms with Crippen molar-refractivity contribution in [3.63, 3.8) is 0 Å². The average Bonchev–Trinajstić information content (AvgIpc) is 2.27. The summed E-state index contributed by atoms with van der Waals surface area (Å²) in [6.07, 6.45) is -0.608. The Morgan fingerprint density at radius 2 is 2.06 bits per heavy atom. The number of nitrogens with zero attached hydrogens (tertiary/aromatic N) is 1. The topological polar surface area (TPSA) is 81.5 Å². The molecule has 0 aromatic heterocycles. The summed E-state index contributed by atoms with van der Waals surface area (Å²) < 4.78 is 4.84. The van der Waals surface area contributed by atoms with E-state index in [2.05, 4.69) is 17.9 Å². The highest BCUT2D eigenvalue weighted by atomic mass is 32.1. The van der Waals surface area contributed by atoms with Gasteiger partial charge in [0.2, 0.25) is 0 Å². The van der Waals surface area contributed by atoms with E-state index in [1.54, 1.807) is 0 Å². The first-order chi connectivity index (χ1) is 7.63. The zero-order chi connectivity index (χ0) is 12.0. The van der Waals surface area contributed by atoms with Gasteiger partial charge in [0.15, 0.2) is 0 Å². The normalized spacial score (nSPS) is 9.56. The minimum Gasteiger partial charge on any atom is -0.410 e. The number of amides is 1. The van der Waals surface area contributed by atoms with Crippen LogP contribution in [0.2, 0.25) is 0 Å². The van der Waals surface area contributed by atoms with Gasteiger partial charge in [0.05, 0.1) is 4.92 Å². The molecule has 0 aliphatic rings. The predicted molar refractivity (Wildman–Crippen MR) is 61.0 cm³/mol. The molecule has 0 spiro atoms. The van der Waals surface area contributed by atoms with Crippen LogP contribution in [-0.2, 0) is 0 Å². The van der Waals surface area contributed by atoms with Gasteiger partial charge in [-0.25, -0.2) is 4.79 Å². The first-order valence-corrected chi connectivity index (χ1v) is 5.07. The lowest BCUT2D eigenvalue weighted by Crippen LogP contribution is -2.28. The SMILES string of the molecule is O=C(NCCS)Oc1ccc([N+](=O)[O-])cc1. The monoisotopic (exact) mass is 242 g/mol. The average molecular weight is 242 g/mol. The lowest BCUT2D eigenvalue weighted by atomic mass is 10.3. The summed E-state index contributed by atoms with van der Waals surface area (Å²) in [5, 5.41) is 12.8. The third kappa shape index (κ3) is 3.77. The number of thiol groups is 1. The lowest BCUT2D eigenvalue weighted by Gasteiger charge is -2.04. The molecule has 1 N–H and O–H groups in total. The third-order valence-corrected chi connectivity index (χ3v) is 1.86. The zero-order valence-electron chi connectivity index (χ0n) is 8.25. The maximum atomic E-state index is 11.1. The van der Waals surface area contributed by atoms with Gasteiger partial charge >= 0.3 is 6.09 Å². The molecule has 0 aliphatic carbocycles. The number of nitrogens with one attached hydrogen (secondary N) is 1. The molecule has 1 amide bonds. The van der Waals surface area contributed by atoms with E-state index in [1.165, 1.54) is 24.3 Å². The van der Waals surface area contributed by atoms with E-state index in [4.69, 9.17) is 4.74 Å². The molecular formula is C9H10N2O4S. The Morgan fingerprint density at radius 3 is 2.56 bits per heavy atom. The number of nitro benzene ring substituents is 1. The number of rotatable bonds is 4. The van der Waals surface area contributed by atoms with Gasteiger partial charge in [-0.3, -0.25) is 10.1 Å². The largest absolute Gasteiger partial charge is 0.412 e. The molecule has 0 heterocycles. The van der Waals surface area contributed by atoms with E-state index in [9.17, 15) is 14.9 Å². The van der Waals surface area contributed by atoms with Gasteiger partial charge in [-0.1, -0.05) is 0 Å². The molecule has 16 heavy (non-hydrogen) atoms. The van der Waals surface area contributed by atoms with Crippen molar-refractivity contribution in [2.24, 2.45) is 0 Å². The first kappa shape index (κ1) is 12.3. The predicted octanol–water partition coefficient (Wildman–Crippen LogP) is 1.61. The highest BCUT2D eigenvalue weighted by Crippen LogP contribution is 2.17. The molecular weight excluding hydrogens is 232 g/mol. The molecule has 0 saturated heterocycles. The molecule has 0 saturated carbocycles. The van der Waals surface area contributed by atoms with Gasteiger partial charge < -0.3 is 10.1 Å². The van der Waals surface area contributed by atoms with Crippen molar-refractivity contribution < 1.29 is 14.5 Å². The van der Waals surface area contributed by atoms with Gasteiger partial charge in [-0.05, 0) is 12.1 Å². The van der Waals surface area contributed by atoms with Crippen LogP contribution in [0.5, 0.6) is 5.75 Å². The van der Waals surface area contributed by atoms with Crippen molar-refractivity contribution in [1.29, 1.82) is 0 Å². The summed E-state index contributed by atoms with van der Waals surface area (Å²) in [6, 6.07) is 5.25. The fourth-order valence-corrected chi connectivity index (χ4v) is 1.05. The van der Waals surface area contributed by atoms with Crippen LogP contribution >= 0.6 is 12.6 Å². The van der Waals surface area contributed by atoms with E-state index in [-0.39, 0.29) is 11.4 Å². The molecule has 1 rings (SSSR count). The second-order valence-electron chi connectivity index (χ2n) is 2.79. The Bertz CT molecular complexity index is 380.